The summed E-state index contributed by atoms with van der Waals surface area (Å²) < 4.78 is 12.0. The van der Waals surface area contributed by atoms with E-state index in [1.807, 2.05) is 97.9 Å². The summed E-state index contributed by atoms with van der Waals surface area (Å²) in [6, 6.07) is 37.0. The highest BCUT2D eigenvalue weighted by Crippen LogP contribution is 2.29. The molecule has 0 spiro atoms. The number of hydrogen-bond donors (Lipinski definition) is 0. The first-order chi connectivity index (χ1) is 16.6. The number of fused-ring (bicyclic) bond motifs is 1. The molecule has 0 saturated heterocycles. The van der Waals surface area contributed by atoms with Crippen LogP contribution in [0.5, 0.6) is 17.2 Å². The van der Waals surface area contributed by atoms with E-state index in [1.54, 1.807) is 12.1 Å². The van der Waals surface area contributed by atoms with Gasteiger partial charge in [0.2, 0.25) is 0 Å². The molecule has 0 heterocycles. The van der Waals surface area contributed by atoms with E-state index in [4.69, 9.17) is 9.47 Å². The molecule has 0 amide bonds. The maximum absolute atomic E-state index is 12.7. The van der Waals surface area contributed by atoms with Crippen LogP contribution in [0, 0.1) is 6.92 Å². The fraction of sp³-hybridized carbons (Fsp3) is 0.0645. The second-order valence-electron chi connectivity index (χ2n) is 8.27. The van der Waals surface area contributed by atoms with Gasteiger partial charge in [-0.15, -0.1) is 0 Å². The van der Waals surface area contributed by atoms with Crippen molar-refractivity contribution in [1.82, 2.24) is 0 Å². The monoisotopic (exact) mass is 444 g/mol. The Morgan fingerprint density at radius 1 is 0.618 bits per heavy atom. The Bertz CT molecular complexity index is 1420. The summed E-state index contributed by atoms with van der Waals surface area (Å²) in [5.41, 5.74) is 3.59. The number of carbonyl (C=O) groups is 1. The Kier molecular flexibility index (Phi) is 6.09. The van der Waals surface area contributed by atoms with E-state index in [0.717, 1.165) is 33.4 Å². The smallest absolute Gasteiger partial charge is 0.193 e. The molecule has 0 radical (unpaired) electrons. The number of ether oxygens (including phenoxy) is 2. The van der Waals surface area contributed by atoms with Gasteiger partial charge in [-0.1, -0.05) is 72.3 Å². The molecule has 0 N–H and O–H groups in total. The molecule has 5 aromatic carbocycles. The summed E-state index contributed by atoms with van der Waals surface area (Å²) in [6.45, 7) is 2.54. The normalized spacial score (nSPS) is 10.7. The second kappa shape index (κ2) is 9.63. The van der Waals surface area contributed by atoms with E-state index in [0.29, 0.717) is 23.5 Å². The average molecular weight is 445 g/mol. The minimum absolute atomic E-state index is 0.00235. The molecule has 3 heteroatoms. The van der Waals surface area contributed by atoms with Gasteiger partial charge in [0.1, 0.15) is 23.9 Å². The largest absolute Gasteiger partial charge is 0.489 e. The molecule has 3 nitrogen and oxygen atoms in total. The summed E-state index contributed by atoms with van der Waals surface area (Å²) in [7, 11) is 0. The van der Waals surface area contributed by atoms with Gasteiger partial charge in [0, 0.05) is 11.1 Å². The standard InChI is InChI=1S/C31H24O3/c1-22-7-9-24(10-8-22)31(32)25-11-15-28(16-12-25)34-30-18-14-26-19-29(17-13-27(26)20-30)33-21-23-5-3-2-4-6-23/h2-20H,21H2,1H3. The minimum Gasteiger partial charge on any atom is -0.489 e. The lowest BCUT2D eigenvalue weighted by atomic mass is 10.0. The molecule has 0 aromatic heterocycles. The van der Waals surface area contributed by atoms with Crippen molar-refractivity contribution in [2.45, 2.75) is 13.5 Å². The van der Waals surface area contributed by atoms with E-state index in [2.05, 4.69) is 12.1 Å². The molecule has 0 atom stereocenters. The zero-order chi connectivity index (χ0) is 23.3. The van der Waals surface area contributed by atoms with E-state index in [9.17, 15) is 4.79 Å². The third-order valence-electron chi connectivity index (χ3n) is 5.70. The molecule has 0 aliphatic carbocycles. The lowest BCUT2D eigenvalue weighted by Gasteiger charge is -2.10. The fourth-order valence-electron chi connectivity index (χ4n) is 3.78. The van der Waals surface area contributed by atoms with Crippen molar-refractivity contribution in [3.05, 3.63) is 138 Å². The molecule has 166 valence electrons. The molecule has 0 saturated carbocycles. The summed E-state index contributed by atoms with van der Waals surface area (Å²) in [4.78, 5) is 12.7. The number of aryl methyl sites for hydroxylation is 1. The minimum atomic E-state index is 0.00235. The Morgan fingerprint density at radius 2 is 1.18 bits per heavy atom. The van der Waals surface area contributed by atoms with Gasteiger partial charge in [-0.25, -0.2) is 0 Å². The molecule has 5 rings (SSSR count). The van der Waals surface area contributed by atoms with Crippen LogP contribution in [0.3, 0.4) is 0 Å². The van der Waals surface area contributed by atoms with Crippen LogP contribution in [0.2, 0.25) is 0 Å². The Morgan fingerprint density at radius 3 is 1.85 bits per heavy atom. The molecule has 0 unspecified atom stereocenters. The van der Waals surface area contributed by atoms with Gasteiger partial charge in [-0.3, -0.25) is 4.79 Å². The number of ketones is 1. The third kappa shape index (κ3) is 5.00. The van der Waals surface area contributed by atoms with Crippen molar-refractivity contribution in [2.24, 2.45) is 0 Å². The molecule has 0 aliphatic heterocycles. The predicted octanol–water partition coefficient (Wildman–Crippen LogP) is 7.75. The van der Waals surface area contributed by atoms with Gasteiger partial charge in [0.25, 0.3) is 0 Å². The van der Waals surface area contributed by atoms with Crippen LogP contribution in [-0.2, 0) is 6.61 Å². The number of rotatable bonds is 7. The number of hydrogen-bond acceptors (Lipinski definition) is 3. The molecule has 0 aliphatic rings. The van der Waals surface area contributed by atoms with Crippen LogP contribution in [0.15, 0.2) is 115 Å². The van der Waals surface area contributed by atoms with Gasteiger partial charge < -0.3 is 9.47 Å². The first-order valence-electron chi connectivity index (χ1n) is 11.2. The summed E-state index contributed by atoms with van der Waals surface area (Å²) in [5.74, 6) is 2.26. The highest BCUT2D eigenvalue weighted by atomic mass is 16.5. The van der Waals surface area contributed by atoms with Crippen molar-refractivity contribution in [2.75, 3.05) is 0 Å². The zero-order valence-electron chi connectivity index (χ0n) is 18.9. The van der Waals surface area contributed by atoms with E-state index in [1.165, 1.54) is 0 Å². The molecule has 0 fully saturated rings. The van der Waals surface area contributed by atoms with Crippen LogP contribution in [-0.4, -0.2) is 5.78 Å². The number of carbonyl (C=O) groups excluding carboxylic acids is 1. The molecule has 5 aromatic rings. The van der Waals surface area contributed by atoms with Crippen molar-refractivity contribution in [3.8, 4) is 17.2 Å². The zero-order valence-corrected chi connectivity index (χ0v) is 18.9. The number of benzene rings is 5. The Balaban J connectivity index is 1.26. The lowest BCUT2D eigenvalue weighted by molar-refractivity contribution is 0.103. The van der Waals surface area contributed by atoms with Crippen LogP contribution < -0.4 is 9.47 Å². The van der Waals surface area contributed by atoms with Gasteiger partial charge in [-0.05, 0) is 71.8 Å². The Labute approximate surface area is 199 Å². The summed E-state index contributed by atoms with van der Waals surface area (Å²) in [5, 5.41) is 2.15. The van der Waals surface area contributed by atoms with Crippen molar-refractivity contribution >= 4 is 16.6 Å². The quantitative estimate of drug-likeness (QED) is 0.241. The van der Waals surface area contributed by atoms with Crippen LogP contribution in [0.25, 0.3) is 10.8 Å². The predicted molar refractivity (Wildman–Crippen MR) is 136 cm³/mol. The SMILES string of the molecule is Cc1ccc(C(=O)c2ccc(Oc3ccc4cc(OCc5ccccc5)ccc4c3)cc2)cc1. The first-order valence-corrected chi connectivity index (χ1v) is 11.2. The van der Waals surface area contributed by atoms with E-state index >= 15 is 0 Å². The van der Waals surface area contributed by atoms with Crippen LogP contribution >= 0.6 is 0 Å². The summed E-state index contributed by atoms with van der Waals surface area (Å²) >= 11 is 0. The van der Waals surface area contributed by atoms with Crippen molar-refractivity contribution in [3.63, 3.8) is 0 Å². The Hall–Kier alpha value is -4.37. The van der Waals surface area contributed by atoms with Crippen molar-refractivity contribution < 1.29 is 14.3 Å². The van der Waals surface area contributed by atoms with Gasteiger partial charge in [0.05, 0.1) is 0 Å². The lowest BCUT2D eigenvalue weighted by Crippen LogP contribution is -2.00. The van der Waals surface area contributed by atoms with Gasteiger partial charge >= 0.3 is 0 Å². The molecular formula is C31H24O3. The molecule has 0 bridgehead atoms. The summed E-state index contributed by atoms with van der Waals surface area (Å²) in [6.07, 6.45) is 0. The van der Waals surface area contributed by atoms with Crippen molar-refractivity contribution in [1.29, 1.82) is 0 Å². The first kappa shape index (κ1) is 21.5. The molecule has 34 heavy (non-hydrogen) atoms. The third-order valence-corrected chi connectivity index (χ3v) is 5.70. The fourth-order valence-corrected chi connectivity index (χ4v) is 3.78. The maximum atomic E-state index is 12.7. The van der Waals surface area contributed by atoms with Crippen LogP contribution in [0.1, 0.15) is 27.0 Å². The highest BCUT2D eigenvalue weighted by molar-refractivity contribution is 6.09. The maximum Gasteiger partial charge on any atom is 0.193 e. The topological polar surface area (TPSA) is 35.5 Å². The van der Waals surface area contributed by atoms with E-state index < -0.39 is 0 Å². The molecular weight excluding hydrogens is 420 g/mol. The highest BCUT2D eigenvalue weighted by Gasteiger charge is 2.09. The van der Waals surface area contributed by atoms with Gasteiger partial charge in [-0.2, -0.15) is 0 Å². The van der Waals surface area contributed by atoms with E-state index in [-0.39, 0.29) is 5.78 Å². The van der Waals surface area contributed by atoms with Crippen LogP contribution in [0.4, 0.5) is 0 Å². The van der Waals surface area contributed by atoms with Gasteiger partial charge in [0.15, 0.2) is 5.78 Å². The average Bonchev–Trinajstić information content (AvgIpc) is 2.88. The second-order valence-corrected chi connectivity index (χ2v) is 8.27.